The standard InChI is InChI=1S/C20H20F4O.C20H21F3O/c1-12-2-4-13(5-3-12)15-10-17(21)19(18(22)11-15)14-6-8-16(9-7-14)25-20(23)24;1-13-2-4-14(5-3-13)16-8-11-18(19(21)12-16)15-6-9-17(10-7-15)24-20(22)23/h6-13,20H,2-5H2,1H3;6-14,20H,2-5H2,1H3. The van der Waals surface area contributed by atoms with E-state index in [-0.39, 0.29) is 28.8 Å². The van der Waals surface area contributed by atoms with Crippen LogP contribution in [0, 0.1) is 29.3 Å². The quantitative estimate of drug-likeness (QED) is 0.172. The van der Waals surface area contributed by atoms with Gasteiger partial charge < -0.3 is 9.47 Å². The average Bonchev–Trinajstić information content (AvgIpc) is 3.06. The van der Waals surface area contributed by atoms with Crippen LogP contribution in [0.5, 0.6) is 11.5 Å². The van der Waals surface area contributed by atoms with E-state index in [1.54, 1.807) is 24.3 Å². The summed E-state index contributed by atoms with van der Waals surface area (Å²) < 4.78 is 101. The van der Waals surface area contributed by atoms with Gasteiger partial charge in [-0.15, -0.1) is 0 Å². The molecular formula is C40H41F7O2. The Kier molecular flexibility index (Phi) is 12.3. The fourth-order valence-electron chi connectivity index (χ4n) is 6.93. The Hall–Kier alpha value is -4.01. The molecule has 6 rings (SSSR count). The molecule has 2 saturated carbocycles. The zero-order valence-electron chi connectivity index (χ0n) is 27.6. The van der Waals surface area contributed by atoms with E-state index in [4.69, 9.17) is 0 Å². The molecule has 0 bridgehead atoms. The summed E-state index contributed by atoms with van der Waals surface area (Å²) in [7, 11) is 0. The second-order valence-electron chi connectivity index (χ2n) is 13.3. The Morgan fingerprint density at radius 1 is 0.490 bits per heavy atom. The molecular weight excluding hydrogens is 645 g/mol. The minimum Gasteiger partial charge on any atom is -0.435 e. The Labute approximate surface area is 283 Å². The summed E-state index contributed by atoms with van der Waals surface area (Å²) in [6.07, 6.45) is 8.64. The van der Waals surface area contributed by atoms with Gasteiger partial charge in [0.1, 0.15) is 29.0 Å². The number of hydrogen-bond acceptors (Lipinski definition) is 2. The van der Waals surface area contributed by atoms with Crippen LogP contribution in [0.25, 0.3) is 22.3 Å². The van der Waals surface area contributed by atoms with Crippen LogP contribution in [0.2, 0.25) is 0 Å². The van der Waals surface area contributed by atoms with Crippen LogP contribution >= 0.6 is 0 Å². The zero-order chi connectivity index (χ0) is 35.1. The van der Waals surface area contributed by atoms with Gasteiger partial charge >= 0.3 is 13.2 Å². The number of alkyl halides is 4. The molecule has 0 amide bonds. The lowest BCUT2D eigenvalue weighted by Gasteiger charge is -2.26. The van der Waals surface area contributed by atoms with Crippen LogP contribution in [0.1, 0.15) is 88.2 Å². The van der Waals surface area contributed by atoms with Crippen molar-refractivity contribution in [3.05, 3.63) is 107 Å². The summed E-state index contributed by atoms with van der Waals surface area (Å²) >= 11 is 0. The summed E-state index contributed by atoms with van der Waals surface area (Å²) in [6, 6.07) is 19.6. The van der Waals surface area contributed by atoms with E-state index < -0.39 is 24.9 Å². The van der Waals surface area contributed by atoms with Crippen molar-refractivity contribution in [3.8, 4) is 33.8 Å². The molecule has 0 radical (unpaired) electrons. The fraction of sp³-hybridized carbons (Fsp3) is 0.400. The monoisotopic (exact) mass is 686 g/mol. The van der Waals surface area contributed by atoms with Gasteiger partial charge in [-0.05, 0) is 114 Å². The molecule has 0 heterocycles. The maximum Gasteiger partial charge on any atom is 0.387 e. The SMILES string of the molecule is CC1CCC(c2cc(F)c(-c3ccc(OC(F)F)cc3)c(F)c2)CC1.CC1CCC(c2ccc(-c3ccc(OC(F)F)cc3)c(F)c2)CC1. The number of rotatable bonds is 8. The van der Waals surface area contributed by atoms with E-state index >= 15 is 0 Å². The lowest BCUT2D eigenvalue weighted by Crippen LogP contribution is -2.11. The second-order valence-corrected chi connectivity index (χ2v) is 13.3. The third kappa shape index (κ3) is 9.79. The minimum atomic E-state index is -2.93. The molecule has 9 heteroatoms. The van der Waals surface area contributed by atoms with E-state index in [0.29, 0.717) is 34.1 Å². The Morgan fingerprint density at radius 3 is 1.33 bits per heavy atom. The Balaban J connectivity index is 0.000000191. The summed E-state index contributed by atoms with van der Waals surface area (Å²) in [5, 5.41) is 0. The summed E-state index contributed by atoms with van der Waals surface area (Å²) in [6.45, 7) is -1.33. The summed E-state index contributed by atoms with van der Waals surface area (Å²) in [5.74, 6) is 0.553. The molecule has 0 spiro atoms. The predicted octanol–water partition coefficient (Wildman–Crippen LogP) is 12.9. The molecule has 0 aromatic heterocycles. The molecule has 0 N–H and O–H groups in total. The van der Waals surface area contributed by atoms with Gasteiger partial charge in [-0.2, -0.15) is 17.6 Å². The highest BCUT2D eigenvalue weighted by Gasteiger charge is 2.23. The van der Waals surface area contributed by atoms with Crippen LogP contribution < -0.4 is 9.47 Å². The summed E-state index contributed by atoms with van der Waals surface area (Å²) in [5.41, 5.74) is 3.03. The molecule has 2 fully saturated rings. The number of benzene rings is 4. The van der Waals surface area contributed by atoms with Gasteiger partial charge in [-0.3, -0.25) is 0 Å². The molecule has 0 saturated heterocycles. The first kappa shape index (κ1) is 36.3. The first-order valence-electron chi connectivity index (χ1n) is 16.9. The first-order chi connectivity index (χ1) is 23.5. The van der Waals surface area contributed by atoms with E-state index in [2.05, 4.69) is 23.3 Å². The molecule has 0 unspecified atom stereocenters. The molecule has 2 aliphatic carbocycles. The third-order valence-corrected chi connectivity index (χ3v) is 9.79. The predicted molar refractivity (Wildman–Crippen MR) is 178 cm³/mol. The fourth-order valence-corrected chi connectivity index (χ4v) is 6.93. The van der Waals surface area contributed by atoms with Crippen molar-refractivity contribution in [1.29, 1.82) is 0 Å². The van der Waals surface area contributed by atoms with Crippen molar-refractivity contribution in [3.63, 3.8) is 0 Å². The maximum atomic E-state index is 14.5. The largest absolute Gasteiger partial charge is 0.435 e. The van der Waals surface area contributed by atoms with Gasteiger partial charge in [0.25, 0.3) is 0 Å². The van der Waals surface area contributed by atoms with Crippen LogP contribution in [-0.4, -0.2) is 13.2 Å². The highest BCUT2D eigenvalue weighted by atomic mass is 19.3. The highest BCUT2D eigenvalue weighted by Crippen LogP contribution is 2.39. The van der Waals surface area contributed by atoms with Gasteiger partial charge in [0.15, 0.2) is 0 Å². The lowest BCUT2D eigenvalue weighted by atomic mass is 9.79. The van der Waals surface area contributed by atoms with Crippen molar-refractivity contribution >= 4 is 0 Å². The van der Waals surface area contributed by atoms with Crippen molar-refractivity contribution in [2.24, 2.45) is 11.8 Å². The molecule has 4 aromatic carbocycles. The molecule has 0 aliphatic heterocycles. The van der Waals surface area contributed by atoms with Crippen LogP contribution in [0.3, 0.4) is 0 Å². The third-order valence-electron chi connectivity index (χ3n) is 9.79. The van der Waals surface area contributed by atoms with Gasteiger partial charge in [0.05, 0.1) is 5.56 Å². The van der Waals surface area contributed by atoms with Crippen molar-refractivity contribution in [1.82, 2.24) is 0 Å². The number of halogens is 7. The molecule has 4 aromatic rings. The van der Waals surface area contributed by atoms with Gasteiger partial charge in [-0.1, -0.05) is 75.9 Å². The summed E-state index contributed by atoms with van der Waals surface area (Å²) in [4.78, 5) is 0. The second kappa shape index (κ2) is 16.6. The van der Waals surface area contributed by atoms with Crippen molar-refractivity contribution < 1.29 is 40.2 Å². The van der Waals surface area contributed by atoms with Crippen LogP contribution in [0.15, 0.2) is 78.9 Å². The number of ether oxygens (including phenoxy) is 2. The molecule has 2 nitrogen and oxygen atoms in total. The lowest BCUT2D eigenvalue weighted by molar-refractivity contribution is -0.0505. The molecule has 49 heavy (non-hydrogen) atoms. The van der Waals surface area contributed by atoms with E-state index in [0.717, 1.165) is 50.0 Å². The maximum absolute atomic E-state index is 14.5. The van der Waals surface area contributed by atoms with Crippen LogP contribution in [0.4, 0.5) is 30.7 Å². The van der Waals surface area contributed by atoms with Gasteiger partial charge in [0, 0.05) is 5.56 Å². The van der Waals surface area contributed by atoms with Gasteiger partial charge in [-0.25, -0.2) is 13.2 Å². The Morgan fingerprint density at radius 2 is 0.898 bits per heavy atom. The highest BCUT2D eigenvalue weighted by molar-refractivity contribution is 5.67. The minimum absolute atomic E-state index is 0.0486. The van der Waals surface area contributed by atoms with Gasteiger partial charge in [0.2, 0.25) is 0 Å². The van der Waals surface area contributed by atoms with E-state index in [9.17, 15) is 30.7 Å². The average molecular weight is 687 g/mol. The Bertz CT molecular complexity index is 1620. The number of hydrogen-bond donors (Lipinski definition) is 0. The van der Waals surface area contributed by atoms with E-state index in [1.807, 2.05) is 6.07 Å². The zero-order valence-corrected chi connectivity index (χ0v) is 27.6. The van der Waals surface area contributed by atoms with Crippen LogP contribution in [-0.2, 0) is 0 Å². The van der Waals surface area contributed by atoms with Crippen molar-refractivity contribution in [2.45, 2.75) is 90.3 Å². The molecule has 0 atom stereocenters. The first-order valence-corrected chi connectivity index (χ1v) is 16.9. The molecule has 2 aliphatic rings. The molecule has 262 valence electrons. The normalized spacial score (nSPS) is 20.9. The topological polar surface area (TPSA) is 18.5 Å². The van der Waals surface area contributed by atoms with Crippen molar-refractivity contribution in [2.75, 3.05) is 0 Å². The smallest absolute Gasteiger partial charge is 0.387 e. The van der Waals surface area contributed by atoms with E-state index in [1.165, 1.54) is 61.4 Å².